The molecule has 1 heterocycles. The van der Waals surface area contributed by atoms with E-state index in [0.717, 1.165) is 16.7 Å². The van der Waals surface area contributed by atoms with Crippen molar-refractivity contribution in [2.45, 2.75) is 13.5 Å². The summed E-state index contributed by atoms with van der Waals surface area (Å²) in [4.78, 5) is 18.2. The molecule has 1 aromatic heterocycles. The Labute approximate surface area is 158 Å². The fourth-order valence-corrected chi connectivity index (χ4v) is 2.59. The lowest BCUT2D eigenvalue weighted by Gasteiger charge is -2.12. The van der Waals surface area contributed by atoms with Gasteiger partial charge in [-0.25, -0.2) is 0 Å². The van der Waals surface area contributed by atoms with Crippen molar-refractivity contribution in [3.8, 4) is 17.1 Å². The van der Waals surface area contributed by atoms with E-state index < -0.39 is 0 Å². The molecular formula is C21H21N3O3. The molecule has 3 aromatic rings. The lowest BCUT2D eigenvalue weighted by molar-refractivity contribution is -0.125. The molecule has 0 unspecified atom stereocenters. The molecule has 27 heavy (non-hydrogen) atoms. The van der Waals surface area contributed by atoms with Crippen molar-refractivity contribution < 1.29 is 14.1 Å². The van der Waals surface area contributed by atoms with Gasteiger partial charge in [0.2, 0.25) is 17.6 Å². The number of amides is 1. The van der Waals surface area contributed by atoms with Crippen molar-refractivity contribution in [2.24, 2.45) is 0 Å². The van der Waals surface area contributed by atoms with E-state index in [1.807, 2.05) is 55.5 Å². The first kappa shape index (κ1) is 18.4. The topological polar surface area (TPSA) is 68.5 Å². The predicted molar refractivity (Wildman–Crippen MR) is 103 cm³/mol. The van der Waals surface area contributed by atoms with Crippen LogP contribution in [0.1, 0.15) is 17.0 Å². The van der Waals surface area contributed by atoms with Crippen molar-refractivity contribution in [1.29, 1.82) is 0 Å². The number of aryl methyl sites for hydroxylation is 1. The van der Waals surface area contributed by atoms with Crippen molar-refractivity contribution in [2.75, 3.05) is 14.2 Å². The van der Waals surface area contributed by atoms with Crippen LogP contribution in [0.25, 0.3) is 17.5 Å². The minimum Gasteiger partial charge on any atom is -0.496 e. The number of nitrogens with zero attached hydrogens (tertiary/aromatic N) is 3. The molecule has 3 rings (SSSR count). The molecule has 0 aliphatic carbocycles. The zero-order valence-corrected chi connectivity index (χ0v) is 15.5. The Morgan fingerprint density at radius 1 is 1.22 bits per heavy atom. The molecule has 0 N–H and O–H groups in total. The van der Waals surface area contributed by atoms with E-state index in [4.69, 9.17) is 9.26 Å². The number of rotatable bonds is 6. The Bertz CT molecular complexity index is 963. The van der Waals surface area contributed by atoms with Crippen LogP contribution in [0.2, 0.25) is 0 Å². The molecule has 6 nitrogen and oxygen atoms in total. The molecule has 0 saturated heterocycles. The van der Waals surface area contributed by atoms with Gasteiger partial charge in [0.05, 0.1) is 13.7 Å². The minimum absolute atomic E-state index is 0.170. The summed E-state index contributed by atoms with van der Waals surface area (Å²) in [6.45, 7) is 2.24. The predicted octanol–water partition coefficient (Wildman–Crippen LogP) is 3.73. The van der Waals surface area contributed by atoms with Gasteiger partial charge in [0.15, 0.2) is 0 Å². The zero-order valence-electron chi connectivity index (χ0n) is 15.5. The third-order valence-corrected chi connectivity index (χ3v) is 4.04. The van der Waals surface area contributed by atoms with Gasteiger partial charge < -0.3 is 14.2 Å². The molecule has 0 fully saturated rings. The number of carbonyl (C=O) groups excluding carboxylic acids is 1. The number of hydrogen-bond acceptors (Lipinski definition) is 5. The van der Waals surface area contributed by atoms with E-state index in [0.29, 0.717) is 17.5 Å². The van der Waals surface area contributed by atoms with Gasteiger partial charge in [-0.1, -0.05) is 47.1 Å². The van der Waals surface area contributed by atoms with Gasteiger partial charge >= 0.3 is 0 Å². The quantitative estimate of drug-likeness (QED) is 0.624. The van der Waals surface area contributed by atoms with Gasteiger partial charge in [-0.05, 0) is 25.1 Å². The van der Waals surface area contributed by atoms with E-state index >= 15 is 0 Å². The van der Waals surface area contributed by atoms with Gasteiger partial charge in [0.1, 0.15) is 5.75 Å². The van der Waals surface area contributed by atoms with Crippen LogP contribution >= 0.6 is 0 Å². The van der Waals surface area contributed by atoms with Gasteiger partial charge in [-0.15, -0.1) is 0 Å². The molecule has 0 bridgehead atoms. The summed E-state index contributed by atoms with van der Waals surface area (Å²) in [6.07, 6.45) is 3.22. The van der Waals surface area contributed by atoms with E-state index in [1.165, 1.54) is 11.0 Å². The lowest BCUT2D eigenvalue weighted by Crippen LogP contribution is -2.24. The third-order valence-electron chi connectivity index (χ3n) is 4.04. The average Bonchev–Trinajstić information content (AvgIpc) is 3.14. The highest BCUT2D eigenvalue weighted by Crippen LogP contribution is 2.19. The zero-order chi connectivity index (χ0) is 19.2. The standard InChI is InChI=1S/C21H21N3O3/c1-15-7-6-9-17(13-15)21-22-19(27-23-21)14-24(2)20(25)12-11-16-8-4-5-10-18(16)26-3/h4-13H,14H2,1-3H3/b12-11+. The Kier molecular flexibility index (Phi) is 5.66. The number of ether oxygens (including phenoxy) is 1. The first-order valence-corrected chi connectivity index (χ1v) is 8.52. The maximum atomic E-state index is 12.4. The smallest absolute Gasteiger partial charge is 0.246 e. The fraction of sp³-hybridized carbons (Fsp3) is 0.190. The summed E-state index contributed by atoms with van der Waals surface area (Å²) in [6, 6.07) is 15.4. The molecule has 0 aliphatic rings. The molecular weight excluding hydrogens is 342 g/mol. The van der Waals surface area contributed by atoms with Gasteiger partial charge in [-0.3, -0.25) is 4.79 Å². The number of likely N-dealkylation sites (N-methyl/N-ethyl adjacent to an activating group) is 1. The highest BCUT2D eigenvalue weighted by Gasteiger charge is 2.13. The maximum Gasteiger partial charge on any atom is 0.246 e. The highest BCUT2D eigenvalue weighted by atomic mass is 16.5. The number of benzene rings is 2. The molecule has 0 spiro atoms. The van der Waals surface area contributed by atoms with Crippen LogP contribution in [0.3, 0.4) is 0 Å². The van der Waals surface area contributed by atoms with Crippen molar-refractivity contribution >= 4 is 12.0 Å². The summed E-state index contributed by atoms with van der Waals surface area (Å²) >= 11 is 0. The maximum absolute atomic E-state index is 12.4. The second kappa shape index (κ2) is 8.31. The number of carbonyl (C=O) groups is 1. The van der Waals surface area contributed by atoms with Crippen LogP contribution in [-0.4, -0.2) is 35.1 Å². The van der Waals surface area contributed by atoms with Crippen LogP contribution in [0.5, 0.6) is 5.75 Å². The second-order valence-electron chi connectivity index (χ2n) is 6.15. The Hall–Kier alpha value is -3.41. The molecule has 1 amide bonds. The van der Waals surface area contributed by atoms with Crippen molar-refractivity contribution in [3.05, 3.63) is 71.6 Å². The highest BCUT2D eigenvalue weighted by molar-refractivity contribution is 5.91. The Morgan fingerprint density at radius 2 is 2.04 bits per heavy atom. The van der Waals surface area contributed by atoms with E-state index in [-0.39, 0.29) is 12.5 Å². The summed E-state index contributed by atoms with van der Waals surface area (Å²) in [5.74, 6) is 1.44. The van der Waals surface area contributed by atoms with Crippen molar-refractivity contribution in [3.63, 3.8) is 0 Å². The molecule has 0 radical (unpaired) electrons. The molecule has 0 aliphatic heterocycles. The number of methoxy groups -OCH3 is 1. The first-order valence-electron chi connectivity index (χ1n) is 8.52. The SMILES string of the molecule is COc1ccccc1/C=C/C(=O)N(C)Cc1nc(-c2cccc(C)c2)no1. The summed E-state index contributed by atoms with van der Waals surface area (Å²) in [5.41, 5.74) is 2.84. The number of aromatic nitrogens is 2. The number of para-hydroxylation sites is 1. The fourth-order valence-electron chi connectivity index (χ4n) is 2.59. The molecule has 2 aromatic carbocycles. The molecule has 0 saturated carbocycles. The van der Waals surface area contributed by atoms with Crippen molar-refractivity contribution in [1.82, 2.24) is 15.0 Å². The van der Waals surface area contributed by atoms with Crippen LogP contribution < -0.4 is 4.74 Å². The largest absolute Gasteiger partial charge is 0.496 e. The third kappa shape index (κ3) is 4.61. The Morgan fingerprint density at radius 3 is 2.81 bits per heavy atom. The van der Waals surface area contributed by atoms with Gasteiger partial charge in [-0.2, -0.15) is 4.98 Å². The van der Waals surface area contributed by atoms with Crippen LogP contribution in [0.15, 0.2) is 59.1 Å². The second-order valence-corrected chi connectivity index (χ2v) is 6.15. The lowest BCUT2D eigenvalue weighted by atomic mass is 10.1. The number of hydrogen-bond donors (Lipinski definition) is 0. The van der Waals surface area contributed by atoms with Crippen LogP contribution in [0.4, 0.5) is 0 Å². The van der Waals surface area contributed by atoms with E-state index in [2.05, 4.69) is 10.1 Å². The van der Waals surface area contributed by atoms with Crippen LogP contribution in [-0.2, 0) is 11.3 Å². The monoisotopic (exact) mass is 363 g/mol. The molecule has 0 atom stereocenters. The molecule has 138 valence electrons. The summed E-state index contributed by atoms with van der Waals surface area (Å²) < 4.78 is 10.6. The average molecular weight is 363 g/mol. The molecule has 6 heteroatoms. The van der Waals surface area contributed by atoms with E-state index in [1.54, 1.807) is 20.2 Å². The van der Waals surface area contributed by atoms with E-state index in [9.17, 15) is 4.79 Å². The Balaban J connectivity index is 1.66. The van der Waals surface area contributed by atoms with Crippen LogP contribution in [0, 0.1) is 6.92 Å². The summed E-state index contributed by atoms with van der Waals surface area (Å²) in [5, 5.41) is 4.00. The van der Waals surface area contributed by atoms with Gasteiger partial charge in [0.25, 0.3) is 0 Å². The normalized spacial score (nSPS) is 10.9. The first-order chi connectivity index (χ1) is 13.1. The minimum atomic E-state index is -0.170. The summed E-state index contributed by atoms with van der Waals surface area (Å²) in [7, 11) is 3.29. The van der Waals surface area contributed by atoms with Gasteiger partial charge in [0, 0.05) is 24.3 Å².